The van der Waals surface area contributed by atoms with Crippen LogP contribution >= 0.6 is 0 Å². The van der Waals surface area contributed by atoms with Crippen LogP contribution in [0.15, 0.2) is 36.4 Å². The van der Waals surface area contributed by atoms with Crippen molar-refractivity contribution < 1.29 is 28.4 Å². The molecule has 2 aromatic carbocycles. The van der Waals surface area contributed by atoms with Crippen LogP contribution < -0.4 is 15.8 Å². The van der Waals surface area contributed by atoms with Crippen LogP contribution in [0.5, 0.6) is 5.75 Å². The highest BCUT2D eigenvalue weighted by Crippen LogP contribution is 2.26. The van der Waals surface area contributed by atoms with Gasteiger partial charge in [-0.25, -0.2) is 9.18 Å². The summed E-state index contributed by atoms with van der Waals surface area (Å²) in [6.45, 7) is 1.24. The van der Waals surface area contributed by atoms with Gasteiger partial charge in [-0.1, -0.05) is 12.1 Å². The monoisotopic (exact) mass is 377 g/mol. The number of esters is 1. The lowest BCUT2D eigenvalue weighted by molar-refractivity contribution is -0.383. The zero-order chi connectivity index (χ0) is 20.1. The number of para-hydroxylation sites is 2. The van der Waals surface area contributed by atoms with E-state index in [4.69, 9.17) is 15.2 Å². The first-order chi connectivity index (χ1) is 12.7. The minimum Gasteiger partial charge on any atom is -0.495 e. The van der Waals surface area contributed by atoms with Crippen molar-refractivity contribution in [1.29, 1.82) is 0 Å². The Morgan fingerprint density at radius 2 is 1.96 bits per heavy atom. The number of nitrogens with zero attached hydrogens (tertiary/aromatic N) is 1. The molecule has 3 N–H and O–H groups in total. The fraction of sp³-hybridized carbons (Fsp3) is 0.176. The molecule has 0 bridgehead atoms. The average Bonchev–Trinajstić information content (AvgIpc) is 2.61. The second kappa shape index (κ2) is 8.13. The molecule has 0 aliphatic carbocycles. The fourth-order valence-corrected chi connectivity index (χ4v) is 2.15. The number of rotatable bonds is 6. The van der Waals surface area contributed by atoms with Crippen molar-refractivity contribution in [3.8, 4) is 5.75 Å². The molecule has 27 heavy (non-hydrogen) atoms. The summed E-state index contributed by atoms with van der Waals surface area (Å²) in [4.78, 5) is 34.6. The minimum absolute atomic E-state index is 0.00581. The van der Waals surface area contributed by atoms with Gasteiger partial charge < -0.3 is 20.5 Å². The number of amides is 1. The quantitative estimate of drug-likeness (QED) is 0.342. The van der Waals surface area contributed by atoms with Crippen molar-refractivity contribution in [1.82, 2.24) is 0 Å². The van der Waals surface area contributed by atoms with Gasteiger partial charge in [0.05, 0.1) is 23.3 Å². The van der Waals surface area contributed by atoms with Crippen LogP contribution in [0, 0.1) is 15.9 Å². The molecule has 0 aliphatic rings. The smallest absolute Gasteiger partial charge is 0.342 e. The molecule has 0 aliphatic heterocycles. The van der Waals surface area contributed by atoms with Crippen molar-refractivity contribution >= 4 is 28.9 Å². The molecule has 1 amide bonds. The lowest BCUT2D eigenvalue weighted by Crippen LogP contribution is -2.30. The summed E-state index contributed by atoms with van der Waals surface area (Å²) in [6, 6.07) is 7.42. The van der Waals surface area contributed by atoms with E-state index in [0.29, 0.717) is 0 Å². The maximum Gasteiger partial charge on any atom is 0.342 e. The van der Waals surface area contributed by atoms with Crippen molar-refractivity contribution in [3.05, 3.63) is 57.9 Å². The van der Waals surface area contributed by atoms with Crippen LogP contribution in [-0.2, 0) is 9.53 Å². The first-order valence-corrected chi connectivity index (χ1v) is 7.62. The molecular weight excluding hydrogens is 361 g/mol. The van der Waals surface area contributed by atoms with Gasteiger partial charge in [-0.3, -0.25) is 14.9 Å². The molecule has 0 aromatic heterocycles. The Kier molecular flexibility index (Phi) is 5.91. The third-order valence-corrected chi connectivity index (χ3v) is 3.55. The lowest BCUT2D eigenvalue weighted by Gasteiger charge is -2.14. The second-order valence-corrected chi connectivity index (χ2v) is 5.39. The highest BCUT2D eigenvalue weighted by molar-refractivity contribution is 5.99. The average molecular weight is 377 g/mol. The number of nitro benzene ring substituents is 1. The molecule has 0 heterocycles. The predicted octanol–water partition coefficient (Wildman–Crippen LogP) is 2.51. The Morgan fingerprint density at radius 1 is 1.30 bits per heavy atom. The first-order valence-electron chi connectivity index (χ1n) is 7.62. The summed E-state index contributed by atoms with van der Waals surface area (Å²) < 4.78 is 23.8. The molecule has 0 fully saturated rings. The molecule has 0 saturated carbocycles. The number of nitrogens with two attached hydrogens (primary N) is 1. The zero-order valence-corrected chi connectivity index (χ0v) is 14.4. The van der Waals surface area contributed by atoms with Gasteiger partial charge in [0.2, 0.25) is 0 Å². The van der Waals surface area contributed by atoms with E-state index in [1.807, 2.05) is 0 Å². The van der Waals surface area contributed by atoms with Gasteiger partial charge in [0.15, 0.2) is 6.10 Å². The van der Waals surface area contributed by atoms with Gasteiger partial charge in [-0.15, -0.1) is 0 Å². The van der Waals surface area contributed by atoms with Crippen molar-refractivity contribution in [2.75, 3.05) is 18.2 Å². The highest BCUT2D eigenvalue weighted by atomic mass is 19.1. The number of benzene rings is 2. The standard InChI is InChI=1S/C17H16FN3O6/c1-9(16(22)20-13-5-3-4-6-14(13)21(24)25)27-17(23)10-7-15(26-2)12(19)8-11(10)18/h3-9H,19H2,1-2H3,(H,20,22). The topological polar surface area (TPSA) is 134 Å². The van der Waals surface area contributed by atoms with E-state index in [-0.39, 0.29) is 22.8 Å². The van der Waals surface area contributed by atoms with Crippen LogP contribution in [0.25, 0.3) is 0 Å². The number of nitrogen functional groups attached to an aromatic ring is 1. The van der Waals surface area contributed by atoms with E-state index in [1.54, 1.807) is 0 Å². The Balaban J connectivity index is 2.13. The zero-order valence-electron chi connectivity index (χ0n) is 14.4. The molecule has 9 nitrogen and oxygen atoms in total. The number of nitro groups is 1. The largest absolute Gasteiger partial charge is 0.495 e. The predicted molar refractivity (Wildman–Crippen MR) is 94.0 cm³/mol. The second-order valence-electron chi connectivity index (χ2n) is 5.39. The number of nitrogens with one attached hydrogen (secondary N) is 1. The van der Waals surface area contributed by atoms with Gasteiger partial charge in [-0.05, 0) is 19.1 Å². The molecule has 1 unspecified atom stereocenters. The number of carbonyl (C=O) groups is 2. The SMILES string of the molecule is COc1cc(C(=O)OC(C)C(=O)Nc2ccccc2[N+](=O)[O-])c(F)cc1N. The van der Waals surface area contributed by atoms with Crippen molar-refractivity contribution in [2.45, 2.75) is 13.0 Å². The summed E-state index contributed by atoms with van der Waals surface area (Å²) in [5.41, 5.74) is 4.69. The van der Waals surface area contributed by atoms with Crippen molar-refractivity contribution in [2.24, 2.45) is 0 Å². The molecule has 10 heteroatoms. The number of hydrogen-bond donors (Lipinski definition) is 2. The maximum absolute atomic E-state index is 13.9. The van der Waals surface area contributed by atoms with Crippen molar-refractivity contribution in [3.63, 3.8) is 0 Å². The molecule has 2 aromatic rings. The molecular formula is C17H16FN3O6. The summed E-state index contributed by atoms with van der Waals surface area (Å²) in [6.07, 6.45) is -1.35. The summed E-state index contributed by atoms with van der Waals surface area (Å²) in [7, 11) is 1.29. The summed E-state index contributed by atoms with van der Waals surface area (Å²) in [5, 5.41) is 13.3. The third kappa shape index (κ3) is 4.48. The molecule has 2 rings (SSSR count). The molecule has 0 spiro atoms. The normalized spacial score (nSPS) is 11.4. The summed E-state index contributed by atoms with van der Waals surface area (Å²) in [5.74, 6) is -2.80. The summed E-state index contributed by atoms with van der Waals surface area (Å²) >= 11 is 0. The van der Waals surface area contributed by atoms with E-state index >= 15 is 0 Å². The van der Waals surface area contributed by atoms with Crippen LogP contribution in [0.1, 0.15) is 17.3 Å². The Labute approximate surface area is 153 Å². The van der Waals surface area contributed by atoms with E-state index in [2.05, 4.69) is 5.32 Å². The van der Waals surface area contributed by atoms with Gasteiger partial charge in [0.25, 0.3) is 11.6 Å². The van der Waals surface area contributed by atoms with E-state index in [9.17, 15) is 24.1 Å². The fourth-order valence-electron chi connectivity index (χ4n) is 2.15. The minimum atomic E-state index is -1.35. The Hall–Kier alpha value is -3.69. The number of carbonyl (C=O) groups excluding carboxylic acids is 2. The number of methoxy groups -OCH3 is 1. The molecule has 1 atom stereocenters. The Morgan fingerprint density at radius 3 is 2.59 bits per heavy atom. The number of anilines is 2. The van der Waals surface area contributed by atoms with Gasteiger partial charge in [0, 0.05) is 12.1 Å². The van der Waals surface area contributed by atoms with E-state index in [0.717, 1.165) is 12.1 Å². The van der Waals surface area contributed by atoms with E-state index in [1.165, 1.54) is 38.3 Å². The van der Waals surface area contributed by atoms with Crippen LogP contribution in [-0.4, -0.2) is 30.0 Å². The van der Waals surface area contributed by atoms with Crippen LogP contribution in [0.2, 0.25) is 0 Å². The van der Waals surface area contributed by atoms with Gasteiger partial charge >= 0.3 is 5.97 Å². The van der Waals surface area contributed by atoms with Gasteiger partial charge in [-0.2, -0.15) is 0 Å². The van der Waals surface area contributed by atoms with E-state index < -0.39 is 34.3 Å². The first kappa shape index (κ1) is 19.6. The number of halogens is 1. The Bertz CT molecular complexity index is 902. The van der Waals surface area contributed by atoms with Crippen LogP contribution in [0.4, 0.5) is 21.5 Å². The lowest BCUT2D eigenvalue weighted by atomic mass is 10.1. The number of hydrogen-bond acceptors (Lipinski definition) is 7. The highest BCUT2D eigenvalue weighted by Gasteiger charge is 2.24. The third-order valence-electron chi connectivity index (χ3n) is 3.55. The molecule has 0 radical (unpaired) electrons. The molecule has 142 valence electrons. The molecule has 0 saturated heterocycles. The number of ether oxygens (including phenoxy) is 2. The van der Waals surface area contributed by atoms with Crippen LogP contribution in [0.3, 0.4) is 0 Å². The van der Waals surface area contributed by atoms with Gasteiger partial charge in [0.1, 0.15) is 17.3 Å². The maximum atomic E-state index is 13.9.